The predicted molar refractivity (Wildman–Crippen MR) is 117 cm³/mol. The molecule has 0 saturated carbocycles. The fourth-order valence-corrected chi connectivity index (χ4v) is 5.02. The Kier molecular flexibility index (Phi) is 6.74. The van der Waals surface area contributed by atoms with Crippen LogP contribution in [0.15, 0.2) is 59.6 Å². The van der Waals surface area contributed by atoms with Gasteiger partial charge in [0, 0.05) is 23.7 Å². The van der Waals surface area contributed by atoms with Crippen LogP contribution < -0.4 is 9.46 Å². The Labute approximate surface area is 194 Å². The molecular formula is C23H21F4N3O3S. The van der Waals surface area contributed by atoms with Gasteiger partial charge in [0.2, 0.25) is 0 Å². The fraction of sp³-hybridized carbons (Fsp3) is 0.304. The zero-order chi connectivity index (χ0) is 24.3. The third-order valence-electron chi connectivity index (χ3n) is 5.57. The highest BCUT2D eigenvalue weighted by atomic mass is 32.2. The molecule has 6 nitrogen and oxygen atoms in total. The van der Waals surface area contributed by atoms with Crippen molar-refractivity contribution >= 4 is 15.8 Å². The summed E-state index contributed by atoms with van der Waals surface area (Å²) in [5.41, 5.74) is 0.950. The molecule has 0 aliphatic carbocycles. The van der Waals surface area contributed by atoms with Crippen LogP contribution in [0.4, 0.5) is 23.4 Å². The van der Waals surface area contributed by atoms with Gasteiger partial charge in [-0.2, -0.15) is 18.3 Å². The Morgan fingerprint density at radius 3 is 2.59 bits per heavy atom. The van der Waals surface area contributed by atoms with Gasteiger partial charge in [0.25, 0.3) is 10.0 Å². The monoisotopic (exact) mass is 495 g/mol. The van der Waals surface area contributed by atoms with Crippen molar-refractivity contribution in [1.29, 1.82) is 0 Å². The van der Waals surface area contributed by atoms with Crippen LogP contribution >= 0.6 is 0 Å². The molecule has 1 aromatic heterocycles. The van der Waals surface area contributed by atoms with Crippen LogP contribution in [0.25, 0.3) is 0 Å². The van der Waals surface area contributed by atoms with E-state index in [9.17, 15) is 26.0 Å². The first kappa shape index (κ1) is 23.9. The molecule has 0 bridgehead atoms. The summed E-state index contributed by atoms with van der Waals surface area (Å²) >= 11 is 0. The lowest BCUT2D eigenvalue weighted by molar-refractivity contribution is -0.137. The minimum absolute atomic E-state index is 0.0531. The minimum atomic E-state index is -4.50. The number of nitrogens with zero attached hydrogens (tertiary/aromatic N) is 2. The number of aryl methyl sites for hydroxylation is 1. The first-order valence-corrected chi connectivity index (χ1v) is 12.0. The van der Waals surface area contributed by atoms with E-state index in [4.69, 9.17) is 4.74 Å². The highest BCUT2D eigenvalue weighted by molar-refractivity contribution is 7.92. The zero-order valence-electron chi connectivity index (χ0n) is 17.8. The number of halogens is 4. The van der Waals surface area contributed by atoms with Crippen LogP contribution in [0.5, 0.6) is 5.75 Å². The molecule has 4 rings (SSSR count). The SMILES string of the molecule is O=S(=O)(Nc1cccnn1)c1ccc2c(c1)OCC[C@@H]2c1ccc(C(F)(F)F)cc1CCCF. The van der Waals surface area contributed by atoms with Crippen molar-refractivity contribution in [3.8, 4) is 5.75 Å². The summed E-state index contributed by atoms with van der Waals surface area (Å²) in [7, 11) is -3.97. The van der Waals surface area contributed by atoms with Crippen LogP contribution in [0.1, 0.15) is 41.0 Å². The van der Waals surface area contributed by atoms with E-state index in [0.717, 1.165) is 12.1 Å². The summed E-state index contributed by atoms with van der Waals surface area (Å²) in [4.78, 5) is -0.0531. The lowest BCUT2D eigenvalue weighted by Crippen LogP contribution is -2.19. The van der Waals surface area contributed by atoms with E-state index < -0.39 is 28.4 Å². The molecule has 1 N–H and O–H groups in total. The first-order chi connectivity index (χ1) is 16.2. The lowest BCUT2D eigenvalue weighted by Gasteiger charge is -2.29. The van der Waals surface area contributed by atoms with Crippen molar-refractivity contribution in [3.05, 3.63) is 77.0 Å². The van der Waals surface area contributed by atoms with Crippen molar-refractivity contribution in [1.82, 2.24) is 10.2 Å². The van der Waals surface area contributed by atoms with Gasteiger partial charge in [-0.05, 0) is 60.7 Å². The molecule has 11 heteroatoms. The molecule has 180 valence electrons. The standard InChI is InChI=1S/C23H21F4N3O3S/c24-10-1-3-15-13-16(23(25,26)27)5-7-18(15)19-9-12-33-21-14-17(6-8-20(19)21)34(31,32)30-22-4-2-11-28-29-22/h2,4-8,11,13-14,19H,1,3,9-10,12H2,(H,29,30)/t19-/m1/s1. The topological polar surface area (TPSA) is 81.2 Å². The average Bonchev–Trinajstić information content (AvgIpc) is 2.81. The van der Waals surface area contributed by atoms with Crippen LogP contribution in [0.2, 0.25) is 0 Å². The van der Waals surface area contributed by atoms with Crippen LogP contribution in [0, 0.1) is 0 Å². The van der Waals surface area contributed by atoms with Gasteiger partial charge in [0.1, 0.15) is 5.75 Å². The van der Waals surface area contributed by atoms with Crippen LogP contribution in [-0.4, -0.2) is 31.9 Å². The molecule has 0 radical (unpaired) electrons. The van der Waals surface area contributed by atoms with Gasteiger partial charge in [0.05, 0.1) is 23.7 Å². The van der Waals surface area contributed by atoms with Gasteiger partial charge in [-0.3, -0.25) is 9.11 Å². The van der Waals surface area contributed by atoms with E-state index in [0.29, 0.717) is 28.9 Å². The minimum Gasteiger partial charge on any atom is -0.493 e. The zero-order valence-corrected chi connectivity index (χ0v) is 18.7. The van der Waals surface area contributed by atoms with Gasteiger partial charge in [-0.1, -0.05) is 12.1 Å². The maximum atomic E-state index is 13.3. The number of alkyl halides is 4. The Balaban J connectivity index is 1.69. The van der Waals surface area contributed by atoms with E-state index in [1.165, 1.54) is 36.5 Å². The fourth-order valence-electron chi connectivity index (χ4n) is 4.01. The number of sulfonamides is 1. The molecule has 0 saturated heterocycles. The normalized spacial score (nSPS) is 15.9. The lowest BCUT2D eigenvalue weighted by atomic mass is 9.82. The van der Waals surface area contributed by atoms with Crippen LogP contribution in [0.3, 0.4) is 0 Å². The molecule has 0 spiro atoms. The summed E-state index contributed by atoms with van der Waals surface area (Å²) in [6.45, 7) is -0.387. The molecule has 2 heterocycles. The number of fused-ring (bicyclic) bond motifs is 1. The number of aromatic nitrogens is 2. The Hall–Kier alpha value is -3.21. The molecule has 3 aromatic rings. The summed E-state index contributed by atoms with van der Waals surface area (Å²) in [5.74, 6) is 0.0706. The van der Waals surface area contributed by atoms with Crippen molar-refractivity contribution < 1.29 is 30.7 Å². The average molecular weight is 495 g/mol. The van der Waals surface area contributed by atoms with E-state index in [1.54, 1.807) is 6.07 Å². The second kappa shape index (κ2) is 9.57. The molecule has 1 atom stereocenters. The Morgan fingerprint density at radius 2 is 1.88 bits per heavy atom. The second-order valence-corrected chi connectivity index (χ2v) is 9.49. The van der Waals surface area contributed by atoms with Gasteiger partial charge >= 0.3 is 6.18 Å². The number of hydrogen-bond donors (Lipinski definition) is 1. The maximum absolute atomic E-state index is 13.3. The summed E-state index contributed by atoms with van der Waals surface area (Å²) in [5, 5.41) is 7.34. The highest BCUT2D eigenvalue weighted by Gasteiger charge is 2.33. The van der Waals surface area contributed by atoms with Gasteiger partial charge in [-0.15, -0.1) is 5.10 Å². The molecular weight excluding hydrogens is 474 g/mol. The van der Waals surface area contributed by atoms with Crippen molar-refractivity contribution in [3.63, 3.8) is 0 Å². The van der Waals surface area contributed by atoms with E-state index in [-0.39, 0.29) is 36.1 Å². The highest BCUT2D eigenvalue weighted by Crippen LogP contribution is 2.42. The quantitative estimate of drug-likeness (QED) is 0.461. The number of rotatable bonds is 7. The largest absolute Gasteiger partial charge is 0.493 e. The second-order valence-electron chi connectivity index (χ2n) is 7.81. The predicted octanol–water partition coefficient (Wildman–Crippen LogP) is 5.11. The van der Waals surface area contributed by atoms with Crippen molar-refractivity contribution in [2.75, 3.05) is 18.0 Å². The molecule has 0 amide bonds. The smallest absolute Gasteiger partial charge is 0.416 e. The summed E-state index contributed by atoms with van der Waals surface area (Å²) in [6, 6.07) is 10.9. The van der Waals surface area contributed by atoms with E-state index >= 15 is 0 Å². The van der Waals surface area contributed by atoms with Gasteiger partial charge in [0.15, 0.2) is 5.82 Å². The van der Waals surface area contributed by atoms with Gasteiger partial charge < -0.3 is 4.74 Å². The van der Waals surface area contributed by atoms with Crippen LogP contribution in [-0.2, 0) is 22.6 Å². The maximum Gasteiger partial charge on any atom is 0.416 e. The van der Waals surface area contributed by atoms with Crippen molar-refractivity contribution in [2.45, 2.75) is 36.3 Å². The molecule has 2 aromatic carbocycles. The number of ether oxygens (including phenoxy) is 1. The molecule has 34 heavy (non-hydrogen) atoms. The third-order valence-corrected chi connectivity index (χ3v) is 6.92. The van der Waals surface area contributed by atoms with Gasteiger partial charge in [-0.25, -0.2) is 8.42 Å². The van der Waals surface area contributed by atoms with Crippen molar-refractivity contribution in [2.24, 2.45) is 0 Å². The number of nitrogens with one attached hydrogen (secondary N) is 1. The molecule has 0 fully saturated rings. The summed E-state index contributed by atoms with van der Waals surface area (Å²) in [6.07, 6.45) is -2.33. The van der Waals surface area contributed by atoms with E-state index in [2.05, 4.69) is 14.9 Å². The molecule has 0 unspecified atom stereocenters. The first-order valence-electron chi connectivity index (χ1n) is 10.5. The van der Waals surface area contributed by atoms with E-state index in [1.807, 2.05) is 0 Å². The Morgan fingerprint density at radius 1 is 1.09 bits per heavy atom. The Bertz CT molecular complexity index is 1270. The summed E-state index contributed by atoms with van der Waals surface area (Å²) < 4.78 is 86.1. The molecule has 1 aliphatic heterocycles. The third kappa shape index (κ3) is 5.14. The number of hydrogen-bond acceptors (Lipinski definition) is 5. The number of anilines is 1. The molecule has 1 aliphatic rings. The number of benzene rings is 2.